The predicted molar refractivity (Wildman–Crippen MR) is 105 cm³/mol. The molecule has 1 aliphatic rings. The lowest BCUT2D eigenvalue weighted by molar-refractivity contribution is 0.307. The molecule has 0 bridgehead atoms. The fourth-order valence-corrected chi connectivity index (χ4v) is 3.45. The molecule has 0 saturated carbocycles. The molecular formula is C22H20N4O. The van der Waals surface area contributed by atoms with Crippen molar-refractivity contribution in [3.63, 3.8) is 0 Å². The molecule has 0 unspecified atom stereocenters. The molecule has 1 aliphatic heterocycles. The van der Waals surface area contributed by atoms with Crippen molar-refractivity contribution in [2.45, 2.75) is 19.6 Å². The van der Waals surface area contributed by atoms with Gasteiger partial charge in [0.15, 0.2) is 0 Å². The van der Waals surface area contributed by atoms with Crippen molar-refractivity contribution in [3.8, 4) is 22.9 Å². The number of anilines is 1. The van der Waals surface area contributed by atoms with E-state index in [2.05, 4.69) is 16.4 Å². The molecule has 2 heterocycles. The summed E-state index contributed by atoms with van der Waals surface area (Å²) in [6, 6.07) is 20.1. The molecule has 5 heteroatoms. The lowest BCUT2D eigenvalue weighted by Gasteiger charge is -2.23. The minimum atomic E-state index is 0.283. The molecule has 2 aromatic carbocycles. The minimum Gasteiger partial charge on any atom is -0.488 e. The van der Waals surface area contributed by atoms with E-state index in [0.29, 0.717) is 18.7 Å². The SMILES string of the molecule is N#Cc1c(N)nc2c(c1-c1ccccc1OCc1ccccc1)CNCC2. The van der Waals surface area contributed by atoms with E-state index in [9.17, 15) is 5.26 Å². The van der Waals surface area contributed by atoms with Gasteiger partial charge in [-0.05, 0) is 17.2 Å². The first-order valence-corrected chi connectivity index (χ1v) is 8.96. The minimum absolute atomic E-state index is 0.283. The van der Waals surface area contributed by atoms with Crippen molar-refractivity contribution >= 4 is 5.82 Å². The van der Waals surface area contributed by atoms with E-state index >= 15 is 0 Å². The summed E-state index contributed by atoms with van der Waals surface area (Å²) in [5.41, 5.74) is 11.3. The first kappa shape index (κ1) is 17.1. The summed E-state index contributed by atoms with van der Waals surface area (Å²) in [7, 11) is 0. The summed E-state index contributed by atoms with van der Waals surface area (Å²) >= 11 is 0. The van der Waals surface area contributed by atoms with Gasteiger partial charge in [-0.1, -0.05) is 48.5 Å². The predicted octanol–water partition coefficient (Wildman–Crippen LogP) is 3.43. The smallest absolute Gasteiger partial charge is 0.142 e. The number of fused-ring (bicyclic) bond motifs is 1. The maximum absolute atomic E-state index is 9.73. The number of para-hydroxylation sites is 1. The maximum Gasteiger partial charge on any atom is 0.142 e. The average molecular weight is 356 g/mol. The standard InChI is InChI=1S/C22H20N4O/c23-12-17-21(18-13-25-11-10-19(18)26-22(17)24)16-8-4-5-9-20(16)27-14-15-6-2-1-3-7-15/h1-9,25H,10-11,13-14H2,(H2,24,26). The highest BCUT2D eigenvalue weighted by Gasteiger charge is 2.23. The van der Waals surface area contributed by atoms with Crippen molar-refractivity contribution in [2.75, 3.05) is 12.3 Å². The lowest BCUT2D eigenvalue weighted by atomic mass is 9.91. The van der Waals surface area contributed by atoms with Crippen LogP contribution in [0.15, 0.2) is 54.6 Å². The fraction of sp³-hybridized carbons (Fsp3) is 0.182. The van der Waals surface area contributed by atoms with Crippen molar-refractivity contribution in [1.29, 1.82) is 5.26 Å². The van der Waals surface area contributed by atoms with E-state index < -0.39 is 0 Å². The third-order valence-electron chi connectivity index (χ3n) is 4.76. The zero-order chi connectivity index (χ0) is 18.6. The van der Waals surface area contributed by atoms with Crippen LogP contribution in [0.2, 0.25) is 0 Å². The van der Waals surface area contributed by atoms with Crippen LogP contribution in [0.3, 0.4) is 0 Å². The number of hydrogen-bond acceptors (Lipinski definition) is 5. The molecule has 0 fully saturated rings. The largest absolute Gasteiger partial charge is 0.488 e. The molecule has 0 spiro atoms. The summed E-state index contributed by atoms with van der Waals surface area (Å²) in [6.45, 7) is 1.98. The van der Waals surface area contributed by atoms with E-state index in [0.717, 1.165) is 46.7 Å². The van der Waals surface area contributed by atoms with E-state index in [4.69, 9.17) is 10.5 Å². The number of ether oxygens (including phenoxy) is 1. The number of aromatic nitrogens is 1. The van der Waals surface area contributed by atoms with Crippen LogP contribution in [0.4, 0.5) is 5.82 Å². The van der Waals surface area contributed by atoms with Crippen molar-refractivity contribution in [3.05, 3.63) is 77.0 Å². The summed E-state index contributed by atoms with van der Waals surface area (Å²) in [5, 5.41) is 13.1. The van der Waals surface area contributed by atoms with Gasteiger partial charge < -0.3 is 15.8 Å². The van der Waals surface area contributed by atoms with Crippen molar-refractivity contribution in [2.24, 2.45) is 0 Å². The van der Waals surface area contributed by atoms with Gasteiger partial charge >= 0.3 is 0 Å². The van der Waals surface area contributed by atoms with E-state index in [-0.39, 0.29) is 5.82 Å². The van der Waals surface area contributed by atoms with Crippen LogP contribution in [0, 0.1) is 11.3 Å². The highest BCUT2D eigenvalue weighted by Crippen LogP contribution is 2.38. The second kappa shape index (κ2) is 7.48. The third kappa shape index (κ3) is 3.35. The number of pyridine rings is 1. The van der Waals surface area contributed by atoms with Gasteiger partial charge in [-0.25, -0.2) is 4.98 Å². The molecule has 0 atom stereocenters. The Morgan fingerprint density at radius 1 is 1.11 bits per heavy atom. The topological polar surface area (TPSA) is 84.0 Å². The fourth-order valence-electron chi connectivity index (χ4n) is 3.45. The number of benzene rings is 2. The third-order valence-corrected chi connectivity index (χ3v) is 4.76. The molecule has 3 N–H and O–H groups in total. The molecule has 0 saturated heterocycles. The normalized spacial score (nSPS) is 12.9. The molecule has 0 aliphatic carbocycles. The highest BCUT2D eigenvalue weighted by atomic mass is 16.5. The highest BCUT2D eigenvalue weighted by molar-refractivity contribution is 5.82. The zero-order valence-electron chi connectivity index (χ0n) is 14.9. The van der Waals surface area contributed by atoms with Crippen LogP contribution in [0.25, 0.3) is 11.1 Å². The Morgan fingerprint density at radius 3 is 2.70 bits per heavy atom. The monoisotopic (exact) mass is 356 g/mol. The number of nitrogens with one attached hydrogen (secondary N) is 1. The van der Waals surface area contributed by atoms with Gasteiger partial charge in [0.1, 0.15) is 29.8 Å². The number of hydrogen-bond donors (Lipinski definition) is 2. The molecule has 134 valence electrons. The van der Waals surface area contributed by atoms with Crippen LogP contribution >= 0.6 is 0 Å². The summed E-state index contributed by atoms with van der Waals surface area (Å²) in [6.07, 6.45) is 0.797. The summed E-state index contributed by atoms with van der Waals surface area (Å²) < 4.78 is 6.12. The molecular weight excluding hydrogens is 336 g/mol. The van der Waals surface area contributed by atoms with E-state index in [1.807, 2.05) is 54.6 Å². The lowest BCUT2D eigenvalue weighted by Crippen LogP contribution is -2.26. The van der Waals surface area contributed by atoms with Gasteiger partial charge in [0, 0.05) is 36.3 Å². The van der Waals surface area contributed by atoms with E-state index in [1.54, 1.807) is 0 Å². The first-order chi connectivity index (χ1) is 13.3. The van der Waals surface area contributed by atoms with Gasteiger partial charge in [-0.2, -0.15) is 5.26 Å². The van der Waals surface area contributed by atoms with Crippen LogP contribution < -0.4 is 15.8 Å². The van der Waals surface area contributed by atoms with Gasteiger partial charge in [0.05, 0.1) is 0 Å². The molecule has 0 amide bonds. The van der Waals surface area contributed by atoms with Gasteiger partial charge in [-0.15, -0.1) is 0 Å². The molecule has 5 nitrogen and oxygen atoms in total. The Morgan fingerprint density at radius 2 is 1.89 bits per heavy atom. The number of nitrogens with two attached hydrogens (primary N) is 1. The van der Waals surface area contributed by atoms with Crippen LogP contribution in [0.5, 0.6) is 5.75 Å². The second-order valence-corrected chi connectivity index (χ2v) is 6.48. The molecule has 4 rings (SSSR count). The number of nitriles is 1. The molecule has 3 aromatic rings. The Bertz CT molecular complexity index is 1010. The second-order valence-electron chi connectivity index (χ2n) is 6.48. The van der Waals surface area contributed by atoms with Crippen LogP contribution in [0.1, 0.15) is 22.4 Å². The average Bonchev–Trinajstić information content (AvgIpc) is 2.72. The number of rotatable bonds is 4. The zero-order valence-corrected chi connectivity index (χ0v) is 14.9. The van der Waals surface area contributed by atoms with Crippen molar-refractivity contribution in [1.82, 2.24) is 10.3 Å². The molecule has 0 radical (unpaired) electrons. The van der Waals surface area contributed by atoms with E-state index in [1.165, 1.54) is 0 Å². The van der Waals surface area contributed by atoms with Gasteiger partial charge in [-0.3, -0.25) is 0 Å². The quantitative estimate of drug-likeness (QED) is 0.748. The maximum atomic E-state index is 9.73. The Kier molecular flexibility index (Phi) is 4.73. The van der Waals surface area contributed by atoms with Gasteiger partial charge in [0.2, 0.25) is 0 Å². The Balaban J connectivity index is 1.80. The first-order valence-electron chi connectivity index (χ1n) is 8.96. The van der Waals surface area contributed by atoms with Crippen molar-refractivity contribution < 1.29 is 4.74 Å². The van der Waals surface area contributed by atoms with Gasteiger partial charge in [0.25, 0.3) is 0 Å². The Hall–Kier alpha value is -3.36. The molecule has 27 heavy (non-hydrogen) atoms. The van der Waals surface area contributed by atoms with Crippen LogP contribution in [-0.2, 0) is 19.6 Å². The summed E-state index contributed by atoms with van der Waals surface area (Å²) in [5.74, 6) is 1.02. The summed E-state index contributed by atoms with van der Waals surface area (Å²) in [4.78, 5) is 4.47. The Labute approximate surface area is 158 Å². The number of nitrogen functional groups attached to an aromatic ring is 1. The number of nitrogens with zero attached hydrogens (tertiary/aromatic N) is 2. The van der Waals surface area contributed by atoms with Crippen LogP contribution in [-0.4, -0.2) is 11.5 Å². The molecule has 1 aromatic heterocycles.